The van der Waals surface area contributed by atoms with Crippen molar-refractivity contribution in [3.05, 3.63) is 95.6 Å². The Balaban J connectivity index is 1.56. The van der Waals surface area contributed by atoms with Crippen molar-refractivity contribution in [1.29, 1.82) is 0 Å². The van der Waals surface area contributed by atoms with Crippen LogP contribution in [0.1, 0.15) is 48.3 Å². The van der Waals surface area contributed by atoms with E-state index < -0.39 is 0 Å². The minimum absolute atomic E-state index is 0.0153. The van der Waals surface area contributed by atoms with Crippen molar-refractivity contribution in [2.45, 2.75) is 38.0 Å². The number of nitrogens with one attached hydrogen (secondary N) is 1. The molecule has 1 fully saturated rings. The molecule has 0 unspecified atom stereocenters. The van der Waals surface area contributed by atoms with Crippen molar-refractivity contribution in [1.82, 2.24) is 0 Å². The summed E-state index contributed by atoms with van der Waals surface area (Å²) in [5, 5.41) is 2.98. The highest BCUT2D eigenvalue weighted by Crippen LogP contribution is 2.42. The van der Waals surface area contributed by atoms with Gasteiger partial charge in [-0.25, -0.2) is 0 Å². The highest BCUT2D eigenvalue weighted by molar-refractivity contribution is 8.00. The van der Waals surface area contributed by atoms with Crippen LogP contribution in [0.5, 0.6) is 0 Å². The summed E-state index contributed by atoms with van der Waals surface area (Å²) in [7, 11) is 0. The zero-order valence-electron chi connectivity index (χ0n) is 18.5. The smallest absolute Gasteiger partial charge is 0.238 e. The van der Waals surface area contributed by atoms with Gasteiger partial charge in [-0.15, -0.1) is 11.8 Å². The lowest BCUT2D eigenvalue weighted by atomic mass is 9.95. The molecule has 1 heterocycles. The second-order valence-corrected chi connectivity index (χ2v) is 9.01. The molecule has 1 aliphatic rings. The molecule has 32 heavy (non-hydrogen) atoms. The van der Waals surface area contributed by atoms with Crippen molar-refractivity contribution in [2.75, 3.05) is 16.0 Å². The van der Waals surface area contributed by atoms with E-state index in [0.717, 1.165) is 35.3 Å². The van der Waals surface area contributed by atoms with Crippen LogP contribution >= 0.6 is 11.8 Å². The van der Waals surface area contributed by atoms with Crippen LogP contribution < -0.4 is 10.2 Å². The Hall–Kier alpha value is -3.05. The number of hydrogen-bond donors (Lipinski definition) is 1. The molecule has 0 aromatic heterocycles. The van der Waals surface area contributed by atoms with E-state index in [1.54, 1.807) is 11.8 Å². The first kappa shape index (κ1) is 22.2. The van der Waals surface area contributed by atoms with E-state index in [9.17, 15) is 9.59 Å². The Kier molecular flexibility index (Phi) is 6.96. The first-order valence-corrected chi connectivity index (χ1v) is 12.1. The predicted molar refractivity (Wildman–Crippen MR) is 133 cm³/mol. The van der Waals surface area contributed by atoms with Gasteiger partial charge in [0.15, 0.2) is 0 Å². The van der Waals surface area contributed by atoms with Gasteiger partial charge < -0.3 is 5.32 Å². The van der Waals surface area contributed by atoms with Crippen molar-refractivity contribution in [3.8, 4) is 0 Å². The van der Waals surface area contributed by atoms with Crippen molar-refractivity contribution in [3.63, 3.8) is 0 Å². The molecule has 3 aromatic carbocycles. The second-order valence-electron chi connectivity index (χ2n) is 7.94. The summed E-state index contributed by atoms with van der Waals surface area (Å²) in [6.07, 6.45) is 1.65. The van der Waals surface area contributed by atoms with E-state index >= 15 is 0 Å². The number of amides is 2. The lowest BCUT2D eigenvalue weighted by Gasteiger charge is -2.25. The quantitative estimate of drug-likeness (QED) is 0.475. The van der Waals surface area contributed by atoms with Gasteiger partial charge in [-0.05, 0) is 53.8 Å². The number of benzene rings is 3. The van der Waals surface area contributed by atoms with Crippen LogP contribution in [0.2, 0.25) is 0 Å². The molecule has 0 radical (unpaired) electrons. The molecule has 164 valence electrons. The maximum Gasteiger partial charge on any atom is 0.238 e. The zero-order valence-corrected chi connectivity index (χ0v) is 19.3. The van der Waals surface area contributed by atoms with Crippen molar-refractivity contribution in [2.24, 2.45) is 0 Å². The molecule has 0 spiro atoms. The monoisotopic (exact) mass is 444 g/mol. The Morgan fingerprint density at radius 1 is 1.03 bits per heavy atom. The van der Waals surface area contributed by atoms with Crippen LogP contribution in [0.15, 0.2) is 78.9 Å². The molecule has 0 bridgehead atoms. The maximum absolute atomic E-state index is 13.0. The van der Waals surface area contributed by atoms with Gasteiger partial charge >= 0.3 is 0 Å². The lowest BCUT2D eigenvalue weighted by molar-refractivity contribution is -0.118. The van der Waals surface area contributed by atoms with Crippen molar-refractivity contribution < 1.29 is 9.59 Å². The molecular formula is C27H28N2O2S. The van der Waals surface area contributed by atoms with Gasteiger partial charge in [-0.1, -0.05) is 68.4 Å². The maximum atomic E-state index is 13.0. The molecule has 1 N–H and O–H groups in total. The fourth-order valence-electron chi connectivity index (χ4n) is 4.13. The summed E-state index contributed by atoms with van der Waals surface area (Å²) in [5.41, 5.74) is 4.91. The van der Waals surface area contributed by atoms with E-state index in [4.69, 9.17) is 0 Å². The van der Waals surface area contributed by atoms with Crippen LogP contribution in [0.4, 0.5) is 11.4 Å². The number of carbonyl (C=O) groups is 2. The van der Waals surface area contributed by atoms with Gasteiger partial charge in [0.05, 0.1) is 11.7 Å². The van der Waals surface area contributed by atoms with E-state index in [2.05, 4.69) is 24.4 Å². The third kappa shape index (κ3) is 4.73. The molecule has 4 nitrogen and oxygen atoms in total. The highest BCUT2D eigenvalue weighted by atomic mass is 32.2. The van der Waals surface area contributed by atoms with Crippen LogP contribution in [0, 0.1) is 0 Å². The third-order valence-corrected chi connectivity index (χ3v) is 7.04. The molecule has 0 aliphatic carbocycles. The molecular weight excluding hydrogens is 416 g/mol. The summed E-state index contributed by atoms with van der Waals surface area (Å²) in [6, 6.07) is 25.9. The second kappa shape index (κ2) is 10.0. The summed E-state index contributed by atoms with van der Waals surface area (Å²) >= 11 is 1.62. The minimum atomic E-state index is -0.199. The average Bonchev–Trinajstić information content (AvgIpc) is 3.22. The van der Waals surface area contributed by atoms with Gasteiger partial charge in [0.1, 0.15) is 5.37 Å². The van der Waals surface area contributed by atoms with E-state index in [1.165, 1.54) is 5.56 Å². The van der Waals surface area contributed by atoms with E-state index in [1.807, 2.05) is 78.6 Å². The molecule has 2 amide bonds. The Labute approximate surface area is 194 Å². The fraction of sp³-hybridized carbons (Fsp3) is 0.259. The standard InChI is InChI=1S/C27H28N2O2S/c1-3-19-10-8-15-23(16-19)29-25(30)18-32-27(29)21-13-9-14-22(17-21)28-26(31)24(4-2)20-11-6-5-7-12-20/h5-17,24,27H,3-4,18H2,1-2H3,(H,28,31)/t24-,27-/m1/s1. The van der Waals surface area contributed by atoms with Gasteiger partial charge in [-0.3, -0.25) is 14.5 Å². The Morgan fingerprint density at radius 2 is 1.81 bits per heavy atom. The topological polar surface area (TPSA) is 49.4 Å². The van der Waals surface area contributed by atoms with Crippen LogP contribution in [-0.2, 0) is 16.0 Å². The first-order valence-electron chi connectivity index (χ1n) is 11.1. The molecule has 1 saturated heterocycles. The lowest BCUT2D eigenvalue weighted by Crippen LogP contribution is -2.28. The van der Waals surface area contributed by atoms with Gasteiger partial charge in [0.2, 0.25) is 11.8 Å². The predicted octanol–water partition coefficient (Wildman–Crippen LogP) is 6.16. The first-order chi connectivity index (χ1) is 15.6. The normalized spacial score (nSPS) is 16.8. The van der Waals surface area contributed by atoms with E-state index in [0.29, 0.717) is 5.75 Å². The van der Waals surface area contributed by atoms with Gasteiger partial charge in [-0.2, -0.15) is 0 Å². The summed E-state index contributed by atoms with van der Waals surface area (Å²) < 4.78 is 0. The number of nitrogens with zero attached hydrogens (tertiary/aromatic N) is 1. The summed E-state index contributed by atoms with van der Waals surface area (Å²) in [4.78, 5) is 27.6. The van der Waals surface area contributed by atoms with E-state index in [-0.39, 0.29) is 23.1 Å². The van der Waals surface area contributed by atoms with Gasteiger partial charge in [0.25, 0.3) is 0 Å². The number of rotatable bonds is 7. The number of thioether (sulfide) groups is 1. The minimum Gasteiger partial charge on any atom is -0.326 e. The molecule has 0 saturated carbocycles. The summed E-state index contributed by atoms with van der Waals surface area (Å²) in [6.45, 7) is 4.14. The number of anilines is 2. The molecule has 3 aromatic rings. The average molecular weight is 445 g/mol. The van der Waals surface area contributed by atoms with Crippen molar-refractivity contribution >= 4 is 35.0 Å². The SMILES string of the molecule is CCc1cccc(N2C(=O)CS[C@@H]2c2cccc(NC(=O)[C@H](CC)c3ccccc3)c2)c1. The van der Waals surface area contributed by atoms with Gasteiger partial charge in [0, 0.05) is 11.4 Å². The summed E-state index contributed by atoms with van der Waals surface area (Å²) in [5.74, 6) is 0.343. The van der Waals surface area contributed by atoms with Crippen LogP contribution in [-0.4, -0.2) is 17.6 Å². The molecule has 5 heteroatoms. The van der Waals surface area contributed by atoms with Crippen LogP contribution in [0.25, 0.3) is 0 Å². The number of hydrogen-bond acceptors (Lipinski definition) is 3. The zero-order chi connectivity index (χ0) is 22.5. The fourth-order valence-corrected chi connectivity index (χ4v) is 5.30. The molecule has 1 aliphatic heterocycles. The third-order valence-electron chi connectivity index (χ3n) is 5.83. The number of carbonyl (C=O) groups excluding carboxylic acids is 2. The number of aryl methyl sites for hydroxylation is 1. The van der Waals surface area contributed by atoms with Crippen LogP contribution in [0.3, 0.4) is 0 Å². The Bertz CT molecular complexity index is 1100. The highest BCUT2D eigenvalue weighted by Gasteiger charge is 2.34. The molecule has 2 atom stereocenters. The Morgan fingerprint density at radius 3 is 2.56 bits per heavy atom. The largest absolute Gasteiger partial charge is 0.326 e. The molecule has 4 rings (SSSR count).